The Kier molecular flexibility index (Phi) is 4.28. The van der Waals surface area contributed by atoms with Crippen molar-refractivity contribution in [3.8, 4) is 0 Å². The molecular weight excluding hydrogens is 250 g/mol. The van der Waals surface area contributed by atoms with E-state index in [2.05, 4.69) is 49.2 Å². The first kappa shape index (κ1) is 14.8. The Morgan fingerprint density at radius 1 is 1.35 bits per heavy atom. The monoisotopic (exact) mass is 275 g/mol. The molecule has 0 aliphatic carbocycles. The van der Waals surface area contributed by atoms with Crippen LogP contribution in [0.2, 0.25) is 0 Å². The maximum atomic E-state index is 5.96. The molecule has 0 atom stereocenters. The van der Waals surface area contributed by atoms with E-state index in [1.54, 1.807) is 6.20 Å². The van der Waals surface area contributed by atoms with E-state index in [4.69, 9.17) is 5.73 Å². The van der Waals surface area contributed by atoms with Gasteiger partial charge in [0.2, 0.25) is 0 Å². The van der Waals surface area contributed by atoms with Crippen LogP contribution in [-0.2, 0) is 0 Å². The van der Waals surface area contributed by atoms with Crippen molar-refractivity contribution in [1.29, 1.82) is 0 Å². The molecule has 20 heavy (non-hydrogen) atoms. The molecular formula is C15H25N5. The van der Waals surface area contributed by atoms with Crippen LogP contribution in [0.4, 0.5) is 5.82 Å². The zero-order valence-corrected chi connectivity index (χ0v) is 12.8. The molecule has 0 aromatic carbocycles. The van der Waals surface area contributed by atoms with Crippen molar-refractivity contribution in [3.05, 3.63) is 24.2 Å². The number of hydrogen-bond donors (Lipinski definition) is 2. The van der Waals surface area contributed by atoms with Gasteiger partial charge in [-0.3, -0.25) is 0 Å². The van der Waals surface area contributed by atoms with Crippen molar-refractivity contribution < 1.29 is 0 Å². The van der Waals surface area contributed by atoms with E-state index in [1.165, 1.54) is 0 Å². The molecule has 2 aromatic rings. The Balaban J connectivity index is 2.44. The molecule has 0 aliphatic rings. The predicted molar refractivity (Wildman–Crippen MR) is 83.1 cm³/mol. The maximum Gasteiger partial charge on any atom is 0.152 e. The molecule has 0 unspecified atom stereocenters. The van der Waals surface area contributed by atoms with Gasteiger partial charge in [0.1, 0.15) is 5.52 Å². The van der Waals surface area contributed by atoms with Gasteiger partial charge in [-0.2, -0.15) is 5.10 Å². The highest BCUT2D eigenvalue weighted by Crippen LogP contribution is 2.25. The Morgan fingerprint density at radius 3 is 2.60 bits per heavy atom. The molecule has 0 saturated carbocycles. The normalized spacial score (nSPS) is 12.3. The van der Waals surface area contributed by atoms with Crippen LogP contribution >= 0.6 is 0 Å². The fourth-order valence-corrected chi connectivity index (χ4v) is 2.34. The second-order valence-corrected chi connectivity index (χ2v) is 5.65. The summed E-state index contributed by atoms with van der Waals surface area (Å²) in [5, 5.41) is 8.13. The summed E-state index contributed by atoms with van der Waals surface area (Å²) in [6.45, 7) is 9.18. The van der Waals surface area contributed by atoms with Gasteiger partial charge in [0, 0.05) is 18.9 Å². The fraction of sp³-hybridized carbons (Fsp3) is 0.600. The highest BCUT2D eigenvalue weighted by atomic mass is 15.2. The second kappa shape index (κ2) is 5.79. The van der Waals surface area contributed by atoms with E-state index in [9.17, 15) is 0 Å². The van der Waals surface area contributed by atoms with Crippen LogP contribution in [0.3, 0.4) is 0 Å². The average Bonchev–Trinajstić information content (AvgIpc) is 2.90. The van der Waals surface area contributed by atoms with Gasteiger partial charge in [-0.1, -0.05) is 27.7 Å². The molecule has 0 saturated heterocycles. The lowest BCUT2D eigenvalue weighted by Gasteiger charge is -2.32. The topological polar surface area (TPSA) is 68.2 Å². The van der Waals surface area contributed by atoms with Crippen molar-refractivity contribution in [3.63, 3.8) is 0 Å². The minimum atomic E-state index is -0.100. The molecule has 0 radical (unpaired) electrons. The first-order valence-electron chi connectivity index (χ1n) is 7.37. The van der Waals surface area contributed by atoms with Crippen LogP contribution in [0.1, 0.15) is 52.1 Å². The van der Waals surface area contributed by atoms with Gasteiger partial charge >= 0.3 is 0 Å². The molecule has 110 valence electrons. The van der Waals surface area contributed by atoms with E-state index in [-0.39, 0.29) is 5.54 Å². The number of anilines is 1. The van der Waals surface area contributed by atoms with Gasteiger partial charge in [-0.05, 0) is 24.8 Å². The molecule has 5 nitrogen and oxygen atoms in total. The summed E-state index contributed by atoms with van der Waals surface area (Å²) in [7, 11) is 0. The molecule has 3 N–H and O–H groups in total. The Hall–Kier alpha value is -1.62. The Bertz CT molecular complexity index is 560. The summed E-state index contributed by atoms with van der Waals surface area (Å²) in [4.78, 5) is 4.48. The Labute approximate surface area is 120 Å². The molecule has 0 aliphatic heterocycles. The summed E-state index contributed by atoms with van der Waals surface area (Å²) in [5.41, 5.74) is 7.95. The van der Waals surface area contributed by atoms with E-state index >= 15 is 0 Å². The van der Waals surface area contributed by atoms with Crippen molar-refractivity contribution in [2.75, 3.05) is 11.9 Å². The van der Waals surface area contributed by atoms with Gasteiger partial charge in [0.25, 0.3) is 0 Å². The SMILES string of the molecule is CCC(CC)(CN)Nc1nccn2nc(C(C)C)cc12. The quantitative estimate of drug-likeness (QED) is 0.850. The lowest BCUT2D eigenvalue weighted by Crippen LogP contribution is -2.44. The van der Waals surface area contributed by atoms with Crippen LogP contribution in [0.25, 0.3) is 5.52 Å². The number of fused-ring (bicyclic) bond motifs is 1. The van der Waals surface area contributed by atoms with E-state index in [1.807, 2.05) is 10.7 Å². The maximum absolute atomic E-state index is 5.96. The van der Waals surface area contributed by atoms with Crippen molar-refractivity contribution in [2.24, 2.45) is 5.73 Å². The molecule has 0 bridgehead atoms. The molecule has 0 fully saturated rings. The van der Waals surface area contributed by atoms with Gasteiger partial charge in [0.05, 0.1) is 11.2 Å². The third-order valence-corrected chi connectivity index (χ3v) is 4.13. The summed E-state index contributed by atoms with van der Waals surface area (Å²) in [5.74, 6) is 1.26. The fourth-order valence-electron chi connectivity index (χ4n) is 2.34. The highest BCUT2D eigenvalue weighted by molar-refractivity contribution is 5.68. The van der Waals surface area contributed by atoms with Crippen molar-refractivity contribution in [1.82, 2.24) is 14.6 Å². The third kappa shape index (κ3) is 2.63. The molecule has 2 heterocycles. The van der Waals surface area contributed by atoms with Crippen molar-refractivity contribution in [2.45, 2.75) is 52.0 Å². The van der Waals surface area contributed by atoms with Gasteiger partial charge in [0.15, 0.2) is 5.82 Å². The third-order valence-electron chi connectivity index (χ3n) is 4.13. The van der Waals surface area contributed by atoms with Crippen LogP contribution in [0.5, 0.6) is 0 Å². The highest BCUT2D eigenvalue weighted by Gasteiger charge is 2.25. The van der Waals surface area contributed by atoms with E-state index in [0.717, 1.165) is 29.9 Å². The van der Waals surface area contributed by atoms with Crippen LogP contribution < -0.4 is 11.1 Å². The Morgan fingerprint density at radius 2 is 2.05 bits per heavy atom. The molecule has 0 amide bonds. The van der Waals surface area contributed by atoms with Crippen LogP contribution in [-0.4, -0.2) is 26.7 Å². The molecule has 5 heteroatoms. The summed E-state index contributed by atoms with van der Waals surface area (Å²) < 4.78 is 1.89. The average molecular weight is 275 g/mol. The van der Waals surface area contributed by atoms with Crippen LogP contribution in [0, 0.1) is 0 Å². The minimum absolute atomic E-state index is 0.100. The standard InChI is InChI=1S/C15H25N5/c1-5-15(6-2,10-16)18-14-13-9-12(11(3)4)19-20(13)8-7-17-14/h7-9,11H,5-6,10,16H2,1-4H3,(H,17,18). The van der Waals surface area contributed by atoms with Gasteiger partial charge < -0.3 is 11.1 Å². The number of aromatic nitrogens is 3. The van der Waals surface area contributed by atoms with Crippen molar-refractivity contribution >= 4 is 11.3 Å². The largest absolute Gasteiger partial charge is 0.362 e. The zero-order valence-electron chi connectivity index (χ0n) is 12.8. The lowest BCUT2D eigenvalue weighted by molar-refractivity contribution is 0.444. The van der Waals surface area contributed by atoms with Gasteiger partial charge in [-0.15, -0.1) is 0 Å². The van der Waals surface area contributed by atoms with Gasteiger partial charge in [-0.25, -0.2) is 9.50 Å². The number of nitrogens with one attached hydrogen (secondary N) is 1. The number of nitrogens with two attached hydrogens (primary N) is 1. The minimum Gasteiger partial charge on any atom is -0.362 e. The predicted octanol–water partition coefficient (Wildman–Crippen LogP) is 2.78. The first-order valence-corrected chi connectivity index (χ1v) is 7.37. The number of hydrogen-bond acceptors (Lipinski definition) is 4. The molecule has 0 spiro atoms. The number of rotatable bonds is 6. The number of nitrogens with zero attached hydrogens (tertiary/aromatic N) is 3. The second-order valence-electron chi connectivity index (χ2n) is 5.65. The first-order chi connectivity index (χ1) is 9.55. The van der Waals surface area contributed by atoms with E-state index in [0.29, 0.717) is 12.5 Å². The van der Waals surface area contributed by atoms with Crippen LogP contribution in [0.15, 0.2) is 18.5 Å². The summed E-state index contributed by atoms with van der Waals surface area (Å²) in [6.07, 6.45) is 5.59. The van der Waals surface area contributed by atoms with E-state index < -0.39 is 0 Å². The summed E-state index contributed by atoms with van der Waals surface area (Å²) in [6, 6.07) is 2.10. The zero-order chi connectivity index (χ0) is 14.8. The molecule has 2 rings (SSSR count). The smallest absolute Gasteiger partial charge is 0.152 e. The molecule has 2 aromatic heterocycles. The lowest BCUT2D eigenvalue weighted by atomic mass is 9.93. The summed E-state index contributed by atoms with van der Waals surface area (Å²) >= 11 is 0.